The molecule has 3 aromatic heterocycles. The molecule has 4 rings (SSSR count). The minimum atomic E-state index is -0.109. The van der Waals surface area contributed by atoms with Crippen molar-refractivity contribution in [2.75, 3.05) is 5.32 Å². The molecule has 2 atom stereocenters. The maximum absolute atomic E-state index is 12.9. The SMILES string of the molecule is CC(=O)C[C@@H]1CCC[C@H](C(=O)Nc2cc(-c3ccc4nn(C)c(C(C)C)c4n3)c(Cl)cn2)C1. The van der Waals surface area contributed by atoms with Gasteiger partial charge in [0.05, 0.1) is 16.4 Å². The van der Waals surface area contributed by atoms with Crippen LogP contribution in [0, 0.1) is 11.8 Å². The van der Waals surface area contributed by atoms with E-state index in [-0.39, 0.29) is 29.4 Å². The van der Waals surface area contributed by atoms with E-state index in [9.17, 15) is 9.59 Å². The first-order chi connectivity index (χ1) is 15.7. The molecule has 1 aliphatic carbocycles. The summed E-state index contributed by atoms with van der Waals surface area (Å²) in [5.41, 5.74) is 4.16. The maximum atomic E-state index is 12.9. The summed E-state index contributed by atoms with van der Waals surface area (Å²) in [5.74, 6) is 1.03. The molecule has 7 nitrogen and oxygen atoms in total. The van der Waals surface area contributed by atoms with Crippen molar-refractivity contribution in [1.82, 2.24) is 19.7 Å². The van der Waals surface area contributed by atoms with Crippen LogP contribution < -0.4 is 5.32 Å². The second-order valence-electron chi connectivity index (χ2n) is 9.40. The topological polar surface area (TPSA) is 89.8 Å². The molecule has 8 heteroatoms. The van der Waals surface area contributed by atoms with Gasteiger partial charge < -0.3 is 10.1 Å². The molecule has 1 saturated carbocycles. The van der Waals surface area contributed by atoms with E-state index in [1.54, 1.807) is 19.2 Å². The summed E-state index contributed by atoms with van der Waals surface area (Å²) < 4.78 is 1.87. The predicted molar refractivity (Wildman–Crippen MR) is 130 cm³/mol. The van der Waals surface area contributed by atoms with Gasteiger partial charge in [-0.3, -0.25) is 9.48 Å². The van der Waals surface area contributed by atoms with Gasteiger partial charge in [-0.1, -0.05) is 31.9 Å². The number of aryl methyl sites for hydroxylation is 1. The largest absolute Gasteiger partial charge is 0.310 e. The molecule has 3 aromatic rings. The number of carbonyl (C=O) groups excluding carboxylic acids is 2. The van der Waals surface area contributed by atoms with Crippen molar-refractivity contribution < 1.29 is 9.59 Å². The Labute approximate surface area is 198 Å². The van der Waals surface area contributed by atoms with Crippen molar-refractivity contribution in [2.24, 2.45) is 18.9 Å². The van der Waals surface area contributed by atoms with E-state index in [0.29, 0.717) is 28.5 Å². The van der Waals surface area contributed by atoms with Gasteiger partial charge in [0.25, 0.3) is 0 Å². The molecular formula is C25H30ClN5O2. The van der Waals surface area contributed by atoms with Crippen LogP contribution in [-0.4, -0.2) is 31.4 Å². The second kappa shape index (κ2) is 9.59. The van der Waals surface area contributed by atoms with Crippen LogP contribution in [0.2, 0.25) is 5.02 Å². The van der Waals surface area contributed by atoms with Crippen LogP contribution in [-0.2, 0) is 16.6 Å². The maximum Gasteiger partial charge on any atom is 0.228 e. The molecule has 0 aromatic carbocycles. The van der Waals surface area contributed by atoms with Crippen molar-refractivity contribution in [3.63, 3.8) is 0 Å². The van der Waals surface area contributed by atoms with Gasteiger partial charge in [-0.05, 0) is 56.2 Å². The summed E-state index contributed by atoms with van der Waals surface area (Å²) in [6.45, 7) is 5.85. The molecule has 174 valence electrons. The number of aromatic nitrogens is 4. The highest BCUT2D eigenvalue weighted by Gasteiger charge is 2.28. The van der Waals surface area contributed by atoms with E-state index in [2.05, 4.69) is 29.2 Å². The fourth-order valence-electron chi connectivity index (χ4n) is 4.94. The Kier molecular flexibility index (Phi) is 6.79. The number of anilines is 1. The van der Waals surface area contributed by atoms with E-state index in [4.69, 9.17) is 16.6 Å². The first kappa shape index (κ1) is 23.4. The normalized spacial score (nSPS) is 18.6. The van der Waals surface area contributed by atoms with Crippen molar-refractivity contribution in [2.45, 2.75) is 58.8 Å². The summed E-state index contributed by atoms with van der Waals surface area (Å²) in [5, 5.41) is 7.98. The molecule has 1 fully saturated rings. The summed E-state index contributed by atoms with van der Waals surface area (Å²) in [4.78, 5) is 33.6. The molecule has 0 aliphatic heterocycles. The minimum absolute atomic E-state index is 0.0539. The van der Waals surface area contributed by atoms with E-state index < -0.39 is 0 Å². The first-order valence-electron chi connectivity index (χ1n) is 11.5. The third-order valence-electron chi connectivity index (χ3n) is 6.38. The monoisotopic (exact) mass is 467 g/mol. The van der Waals surface area contributed by atoms with Gasteiger partial charge in [-0.25, -0.2) is 9.97 Å². The van der Waals surface area contributed by atoms with Crippen molar-refractivity contribution in [1.29, 1.82) is 0 Å². The molecule has 3 heterocycles. The number of carbonyl (C=O) groups is 2. The summed E-state index contributed by atoms with van der Waals surface area (Å²) >= 11 is 6.47. The second-order valence-corrected chi connectivity index (χ2v) is 9.81. The van der Waals surface area contributed by atoms with E-state index in [1.807, 2.05) is 23.9 Å². The molecule has 33 heavy (non-hydrogen) atoms. The van der Waals surface area contributed by atoms with Crippen LogP contribution in [0.3, 0.4) is 0 Å². The van der Waals surface area contributed by atoms with Gasteiger partial charge in [0.1, 0.15) is 22.6 Å². The molecule has 0 bridgehead atoms. The fourth-order valence-corrected chi connectivity index (χ4v) is 5.14. The number of fused-ring (bicyclic) bond motifs is 1. The highest BCUT2D eigenvalue weighted by molar-refractivity contribution is 6.33. The lowest BCUT2D eigenvalue weighted by Crippen LogP contribution is -2.29. The van der Waals surface area contributed by atoms with Crippen LogP contribution in [0.15, 0.2) is 24.4 Å². The zero-order valence-corrected chi connectivity index (χ0v) is 20.3. The van der Waals surface area contributed by atoms with Gasteiger partial charge in [-0.15, -0.1) is 0 Å². The Bertz CT molecular complexity index is 1200. The van der Waals surface area contributed by atoms with E-state index >= 15 is 0 Å². The number of halogens is 1. The Morgan fingerprint density at radius 3 is 2.79 bits per heavy atom. The Hall–Kier alpha value is -2.80. The number of rotatable bonds is 6. The fraction of sp³-hybridized carbons (Fsp3) is 0.480. The van der Waals surface area contributed by atoms with Gasteiger partial charge in [0.15, 0.2) is 0 Å². The number of hydrogen-bond acceptors (Lipinski definition) is 5. The lowest BCUT2D eigenvalue weighted by atomic mass is 9.79. The van der Waals surface area contributed by atoms with Crippen LogP contribution in [0.4, 0.5) is 5.82 Å². The lowest BCUT2D eigenvalue weighted by Gasteiger charge is -2.27. The van der Waals surface area contributed by atoms with Crippen molar-refractivity contribution >= 4 is 40.1 Å². The molecule has 0 spiro atoms. The standard InChI is InChI=1S/C25H30ClN5O2/c1-14(2)24-23-21(30-31(24)4)9-8-20(28-23)18-12-22(27-13-19(18)26)29-25(33)17-7-5-6-16(11-17)10-15(3)32/h8-9,12-14,16-17H,5-7,10-11H2,1-4H3,(H,27,29,33)/t16-,17-/m0/s1. The third-order valence-corrected chi connectivity index (χ3v) is 6.68. The van der Waals surface area contributed by atoms with Gasteiger partial charge >= 0.3 is 0 Å². The Morgan fingerprint density at radius 1 is 1.27 bits per heavy atom. The number of ketones is 1. The molecule has 1 N–H and O–H groups in total. The van der Waals surface area contributed by atoms with Crippen molar-refractivity contribution in [3.8, 4) is 11.3 Å². The highest BCUT2D eigenvalue weighted by Crippen LogP contribution is 2.34. The Morgan fingerprint density at radius 2 is 2.06 bits per heavy atom. The van der Waals surface area contributed by atoms with Gasteiger partial charge in [-0.2, -0.15) is 5.10 Å². The van der Waals surface area contributed by atoms with Crippen molar-refractivity contribution in [3.05, 3.63) is 35.1 Å². The lowest BCUT2D eigenvalue weighted by molar-refractivity contribution is -0.123. The van der Waals surface area contributed by atoms with Crippen LogP contribution in [0.1, 0.15) is 64.5 Å². The Balaban J connectivity index is 1.58. The molecule has 0 saturated heterocycles. The predicted octanol–water partition coefficient (Wildman–Crippen LogP) is 5.53. The smallest absolute Gasteiger partial charge is 0.228 e. The molecule has 0 unspecified atom stereocenters. The molecule has 0 radical (unpaired) electrons. The van der Waals surface area contributed by atoms with E-state index in [0.717, 1.165) is 42.4 Å². The van der Waals surface area contributed by atoms with Gasteiger partial charge in [0.2, 0.25) is 5.91 Å². The molecule has 1 aliphatic rings. The highest BCUT2D eigenvalue weighted by atomic mass is 35.5. The minimum Gasteiger partial charge on any atom is -0.310 e. The summed E-state index contributed by atoms with van der Waals surface area (Å²) in [6, 6.07) is 5.60. The van der Waals surface area contributed by atoms with Crippen LogP contribution in [0.25, 0.3) is 22.3 Å². The third kappa shape index (κ3) is 5.08. The zero-order chi connectivity index (χ0) is 23.7. The quantitative estimate of drug-likeness (QED) is 0.514. The number of hydrogen-bond donors (Lipinski definition) is 1. The number of nitrogens with one attached hydrogen (secondary N) is 1. The number of Topliss-reactive ketones (excluding diaryl/α,β-unsaturated/α-hetero) is 1. The number of nitrogens with zero attached hydrogens (tertiary/aromatic N) is 4. The molecular weight excluding hydrogens is 438 g/mol. The average molecular weight is 468 g/mol. The zero-order valence-electron chi connectivity index (χ0n) is 19.6. The van der Waals surface area contributed by atoms with E-state index in [1.165, 1.54) is 0 Å². The first-order valence-corrected chi connectivity index (χ1v) is 11.9. The summed E-state index contributed by atoms with van der Waals surface area (Å²) in [6.07, 6.45) is 5.63. The average Bonchev–Trinajstić information content (AvgIpc) is 3.09. The van der Waals surface area contributed by atoms with Gasteiger partial charge in [0, 0.05) is 31.1 Å². The summed E-state index contributed by atoms with van der Waals surface area (Å²) in [7, 11) is 1.93. The number of amides is 1. The van der Waals surface area contributed by atoms with Crippen LogP contribution >= 0.6 is 11.6 Å². The van der Waals surface area contributed by atoms with Crippen LogP contribution in [0.5, 0.6) is 0 Å². The number of pyridine rings is 2. The molecule has 1 amide bonds.